The van der Waals surface area contributed by atoms with Gasteiger partial charge in [0.2, 0.25) is 15.9 Å². The molecule has 0 saturated carbocycles. The Labute approximate surface area is 159 Å². The van der Waals surface area contributed by atoms with Crippen LogP contribution in [0.15, 0.2) is 58.4 Å². The number of likely N-dealkylation sites (N-methyl/N-ethyl adjacent to an activating group) is 1. The summed E-state index contributed by atoms with van der Waals surface area (Å²) < 4.78 is 27.1. The summed E-state index contributed by atoms with van der Waals surface area (Å²) in [6.45, 7) is 0.956. The van der Waals surface area contributed by atoms with Crippen LogP contribution in [0.3, 0.4) is 0 Å². The topological polar surface area (TPSA) is 90.9 Å². The third-order valence-electron chi connectivity index (χ3n) is 4.21. The Hall–Kier alpha value is -2.55. The molecule has 1 unspecified atom stereocenters. The third-order valence-corrected chi connectivity index (χ3v) is 5.68. The van der Waals surface area contributed by atoms with E-state index in [0.717, 1.165) is 11.3 Å². The van der Waals surface area contributed by atoms with Gasteiger partial charge in [0.05, 0.1) is 10.6 Å². The molecule has 0 aromatic heterocycles. The maximum Gasteiger partial charge on any atom is 0.240 e. The number of carbonyl (C=O) groups excluding carboxylic acids is 1. The van der Waals surface area contributed by atoms with Crippen LogP contribution in [0.2, 0.25) is 0 Å². The number of aliphatic imine (C=N–C) groups is 1. The molecule has 0 fully saturated rings. The van der Waals surface area contributed by atoms with Crippen molar-refractivity contribution in [2.24, 2.45) is 4.99 Å². The first-order valence-corrected chi connectivity index (χ1v) is 10.0. The van der Waals surface area contributed by atoms with Gasteiger partial charge in [-0.15, -0.1) is 0 Å². The van der Waals surface area contributed by atoms with Crippen molar-refractivity contribution >= 4 is 33.5 Å². The van der Waals surface area contributed by atoms with Gasteiger partial charge >= 0.3 is 0 Å². The van der Waals surface area contributed by atoms with Crippen LogP contribution in [0.1, 0.15) is 11.5 Å². The second-order valence-electron chi connectivity index (χ2n) is 6.53. The predicted octanol–water partition coefficient (Wildman–Crippen LogP) is 1.96. The molecule has 0 spiro atoms. The first kappa shape index (κ1) is 19.2. The summed E-state index contributed by atoms with van der Waals surface area (Å²) in [6.07, 6.45) is 1.58. The van der Waals surface area contributed by atoms with Gasteiger partial charge in [0.25, 0.3) is 0 Å². The number of amides is 1. The van der Waals surface area contributed by atoms with E-state index in [0.29, 0.717) is 18.8 Å². The first-order chi connectivity index (χ1) is 12.9. The highest BCUT2D eigenvalue weighted by Crippen LogP contribution is 2.31. The lowest BCUT2D eigenvalue weighted by Gasteiger charge is -2.11. The Kier molecular flexibility index (Phi) is 5.69. The zero-order chi connectivity index (χ0) is 19.4. The van der Waals surface area contributed by atoms with Crippen molar-refractivity contribution in [3.63, 3.8) is 0 Å². The Morgan fingerprint density at radius 2 is 1.85 bits per heavy atom. The van der Waals surface area contributed by atoms with Crippen molar-refractivity contribution in [1.82, 2.24) is 9.62 Å². The van der Waals surface area contributed by atoms with Gasteiger partial charge < -0.3 is 10.2 Å². The van der Waals surface area contributed by atoms with Crippen LogP contribution in [0.5, 0.6) is 0 Å². The fourth-order valence-corrected chi connectivity index (χ4v) is 3.76. The zero-order valence-corrected chi connectivity index (χ0v) is 16.0. The number of benzene rings is 2. The molecule has 1 atom stereocenters. The van der Waals surface area contributed by atoms with Gasteiger partial charge in [0, 0.05) is 25.0 Å². The molecule has 2 N–H and O–H groups in total. The van der Waals surface area contributed by atoms with Crippen LogP contribution in [0, 0.1) is 0 Å². The van der Waals surface area contributed by atoms with E-state index >= 15 is 0 Å². The first-order valence-electron chi connectivity index (χ1n) is 8.55. The maximum atomic E-state index is 12.3. The molecular weight excluding hydrogens is 364 g/mol. The number of sulfonamides is 1. The Morgan fingerprint density at radius 3 is 2.56 bits per heavy atom. The maximum absolute atomic E-state index is 12.3. The average Bonchev–Trinajstić information content (AvgIpc) is 2.95. The van der Waals surface area contributed by atoms with E-state index in [1.807, 2.05) is 43.3 Å². The van der Waals surface area contributed by atoms with Crippen molar-refractivity contribution in [3.05, 3.63) is 54.1 Å². The monoisotopic (exact) mass is 386 g/mol. The van der Waals surface area contributed by atoms with Crippen molar-refractivity contribution in [2.75, 3.05) is 32.5 Å². The average molecular weight is 386 g/mol. The smallest absolute Gasteiger partial charge is 0.240 e. The van der Waals surface area contributed by atoms with Crippen LogP contribution in [-0.2, 0) is 14.8 Å². The van der Waals surface area contributed by atoms with Crippen LogP contribution in [-0.4, -0.2) is 52.6 Å². The van der Waals surface area contributed by atoms with Crippen molar-refractivity contribution in [3.8, 4) is 0 Å². The SMILES string of the molecule is CN(C)CCNS(=O)(=O)c1ccc(N=CC2C(=O)Nc3ccccc32)cc1. The van der Waals surface area contributed by atoms with Gasteiger partial charge in [0.1, 0.15) is 5.92 Å². The minimum atomic E-state index is -3.54. The predicted molar refractivity (Wildman–Crippen MR) is 106 cm³/mol. The van der Waals surface area contributed by atoms with Crippen LogP contribution < -0.4 is 10.0 Å². The van der Waals surface area contributed by atoms with Crippen LogP contribution in [0.4, 0.5) is 11.4 Å². The lowest BCUT2D eigenvalue weighted by molar-refractivity contribution is -0.115. The van der Waals surface area contributed by atoms with E-state index < -0.39 is 15.9 Å². The minimum Gasteiger partial charge on any atom is -0.325 e. The van der Waals surface area contributed by atoms with Crippen molar-refractivity contribution < 1.29 is 13.2 Å². The lowest BCUT2D eigenvalue weighted by atomic mass is 10.0. The summed E-state index contributed by atoms with van der Waals surface area (Å²) in [7, 11) is 0.213. The number of hydrogen-bond acceptors (Lipinski definition) is 5. The van der Waals surface area contributed by atoms with E-state index in [1.165, 1.54) is 12.1 Å². The molecule has 0 radical (unpaired) electrons. The van der Waals surface area contributed by atoms with E-state index in [4.69, 9.17) is 0 Å². The molecule has 7 nitrogen and oxygen atoms in total. The summed E-state index contributed by atoms with van der Waals surface area (Å²) in [6, 6.07) is 13.7. The minimum absolute atomic E-state index is 0.121. The van der Waals surface area contributed by atoms with Crippen molar-refractivity contribution in [2.45, 2.75) is 10.8 Å². The molecule has 1 aliphatic rings. The molecule has 27 heavy (non-hydrogen) atoms. The van der Waals surface area contributed by atoms with Gasteiger partial charge in [-0.2, -0.15) is 0 Å². The van der Waals surface area contributed by atoms with Gasteiger partial charge in [0.15, 0.2) is 0 Å². The molecule has 1 amide bonds. The number of rotatable bonds is 7. The molecule has 0 saturated heterocycles. The highest BCUT2D eigenvalue weighted by atomic mass is 32.2. The van der Waals surface area contributed by atoms with E-state index in [9.17, 15) is 13.2 Å². The summed E-state index contributed by atoms with van der Waals surface area (Å²) in [5.41, 5.74) is 2.26. The molecule has 3 rings (SSSR count). The molecule has 1 aliphatic heterocycles. The van der Waals surface area contributed by atoms with Crippen LogP contribution >= 0.6 is 0 Å². The molecule has 0 aliphatic carbocycles. The van der Waals surface area contributed by atoms with E-state index in [2.05, 4.69) is 15.0 Å². The molecule has 1 heterocycles. The summed E-state index contributed by atoms with van der Waals surface area (Å²) in [5.74, 6) is -0.568. The Bertz CT molecular complexity index is 953. The van der Waals surface area contributed by atoms with Gasteiger partial charge in [-0.3, -0.25) is 9.79 Å². The summed E-state index contributed by atoms with van der Waals surface area (Å²) in [4.78, 5) is 18.5. The standard InChI is InChI=1S/C19H22N4O3S/c1-23(2)12-11-21-27(25,26)15-9-7-14(8-10-15)20-13-17-16-5-3-4-6-18(16)22-19(17)24/h3-10,13,17,21H,11-12H2,1-2H3,(H,22,24). The number of nitrogens with one attached hydrogen (secondary N) is 2. The van der Waals surface area contributed by atoms with Gasteiger partial charge in [-0.05, 0) is 50.0 Å². The van der Waals surface area contributed by atoms with E-state index in [1.54, 1.807) is 18.3 Å². The number of nitrogens with zero attached hydrogens (tertiary/aromatic N) is 2. The third kappa shape index (κ3) is 4.60. The lowest BCUT2D eigenvalue weighted by Crippen LogP contribution is -2.31. The van der Waals surface area contributed by atoms with Gasteiger partial charge in [-0.25, -0.2) is 13.1 Å². The number of carbonyl (C=O) groups is 1. The quantitative estimate of drug-likeness (QED) is 0.712. The number of anilines is 1. The molecule has 142 valence electrons. The number of para-hydroxylation sites is 1. The van der Waals surface area contributed by atoms with E-state index in [-0.39, 0.29) is 10.8 Å². The summed E-state index contributed by atoms with van der Waals surface area (Å²) >= 11 is 0. The highest BCUT2D eigenvalue weighted by Gasteiger charge is 2.28. The zero-order valence-electron chi connectivity index (χ0n) is 15.2. The van der Waals surface area contributed by atoms with Gasteiger partial charge in [-0.1, -0.05) is 18.2 Å². The normalized spacial score (nSPS) is 16.7. The molecule has 0 bridgehead atoms. The number of fused-ring (bicyclic) bond motifs is 1. The number of hydrogen-bond donors (Lipinski definition) is 2. The van der Waals surface area contributed by atoms with Crippen molar-refractivity contribution in [1.29, 1.82) is 0 Å². The second kappa shape index (κ2) is 7.99. The molecule has 8 heteroatoms. The Morgan fingerprint density at radius 1 is 1.15 bits per heavy atom. The molecule has 2 aromatic rings. The fourth-order valence-electron chi connectivity index (χ4n) is 2.74. The highest BCUT2D eigenvalue weighted by molar-refractivity contribution is 7.89. The van der Waals surface area contributed by atoms with Crippen LogP contribution in [0.25, 0.3) is 0 Å². The molecule has 2 aromatic carbocycles. The second-order valence-corrected chi connectivity index (χ2v) is 8.29. The molecular formula is C19H22N4O3S. The largest absolute Gasteiger partial charge is 0.325 e. The summed E-state index contributed by atoms with van der Waals surface area (Å²) in [5, 5.41) is 2.82. The Balaban J connectivity index is 1.69. The fraction of sp³-hybridized carbons (Fsp3) is 0.263.